The van der Waals surface area contributed by atoms with Crippen molar-refractivity contribution in [1.82, 2.24) is 5.43 Å². The maximum absolute atomic E-state index is 12.2. The molecule has 0 bridgehead atoms. The van der Waals surface area contributed by atoms with Gasteiger partial charge >= 0.3 is 0 Å². The quantitative estimate of drug-likeness (QED) is 0.493. The highest BCUT2D eigenvalue weighted by Gasteiger charge is 2.11. The summed E-state index contributed by atoms with van der Waals surface area (Å²) >= 11 is 0. The summed E-state index contributed by atoms with van der Waals surface area (Å²) in [4.78, 5) is 22.4. The summed E-state index contributed by atoms with van der Waals surface area (Å²) in [6.07, 6.45) is 0. The lowest BCUT2D eigenvalue weighted by Crippen LogP contribution is -2.19. The van der Waals surface area contributed by atoms with Crippen molar-refractivity contribution < 1.29 is 19.2 Å². The number of non-ortho nitro benzene ring substituents is 1. The minimum Gasteiger partial charge on any atom is -0.493 e. The van der Waals surface area contributed by atoms with E-state index in [4.69, 9.17) is 9.47 Å². The topological polar surface area (TPSA) is 103 Å². The zero-order chi connectivity index (χ0) is 18.4. The summed E-state index contributed by atoms with van der Waals surface area (Å²) in [5, 5.41) is 14.7. The van der Waals surface area contributed by atoms with Crippen molar-refractivity contribution in [2.24, 2.45) is 5.10 Å². The van der Waals surface area contributed by atoms with E-state index in [9.17, 15) is 14.9 Å². The summed E-state index contributed by atoms with van der Waals surface area (Å²) in [6.45, 7) is 1.69. The monoisotopic (exact) mass is 343 g/mol. The lowest BCUT2D eigenvalue weighted by molar-refractivity contribution is -0.384. The number of hydrogen-bond acceptors (Lipinski definition) is 6. The molecule has 2 aromatic rings. The number of ether oxygens (including phenoxy) is 2. The standard InChI is InChI=1S/C17H17N3O5/c1-11(12-4-7-14(8-5-12)20(22)23)18-19-17(21)13-6-9-15(24-2)16(10-13)25-3/h4-10H,1-3H3,(H,19,21). The predicted molar refractivity (Wildman–Crippen MR) is 92.3 cm³/mol. The van der Waals surface area contributed by atoms with Crippen LogP contribution in [0, 0.1) is 10.1 Å². The highest BCUT2D eigenvalue weighted by atomic mass is 16.6. The number of nitrogens with one attached hydrogen (secondary N) is 1. The average Bonchev–Trinajstić information content (AvgIpc) is 2.65. The van der Waals surface area contributed by atoms with Crippen molar-refractivity contribution >= 4 is 17.3 Å². The van der Waals surface area contributed by atoms with Crippen LogP contribution in [0.4, 0.5) is 5.69 Å². The minimum absolute atomic E-state index is 0.00841. The fourth-order valence-electron chi connectivity index (χ4n) is 2.07. The highest BCUT2D eigenvalue weighted by molar-refractivity contribution is 6.01. The third kappa shape index (κ3) is 4.31. The third-order valence-electron chi connectivity index (χ3n) is 3.47. The van der Waals surface area contributed by atoms with Crippen molar-refractivity contribution in [1.29, 1.82) is 0 Å². The Labute approximate surface area is 144 Å². The van der Waals surface area contributed by atoms with Gasteiger partial charge in [0.15, 0.2) is 11.5 Å². The van der Waals surface area contributed by atoms with E-state index >= 15 is 0 Å². The first-order valence-electron chi connectivity index (χ1n) is 7.27. The van der Waals surface area contributed by atoms with Crippen molar-refractivity contribution in [2.75, 3.05) is 14.2 Å². The van der Waals surface area contributed by atoms with E-state index in [2.05, 4.69) is 10.5 Å². The Morgan fingerprint density at radius 3 is 2.20 bits per heavy atom. The van der Waals surface area contributed by atoms with Crippen LogP contribution >= 0.6 is 0 Å². The number of carbonyl (C=O) groups is 1. The SMILES string of the molecule is COc1ccc(C(=O)NN=C(C)c2ccc([N+](=O)[O-])cc2)cc1OC. The first-order valence-corrected chi connectivity index (χ1v) is 7.27. The van der Waals surface area contributed by atoms with E-state index < -0.39 is 10.8 Å². The molecular weight excluding hydrogens is 326 g/mol. The van der Waals surface area contributed by atoms with Gasteiger partial charge in [0.25, 0.3) is 11.6 Å². The molecular formula is C17H17N3O5. The zero-order valence-corrected chi connectivity index (χ0v) is 14.0. The van der Waals surface area contributed by atoms with E-state index in [0.717, 1.165) is 0 Å². The molecule has 2 rings (SSSR count). The Bertz CT molecular complexity index is 816. The van der Waals surface area contributed by atoms with E-state index in [-0.39, 0.29) is 5.69 Å². The molecule has 1 amide bonds. The lowest BCUT2D eigenvalue weighted by atomic mass is 10.1. The number of nitrogens with zero attached hydrogens (tertiary/aromatic N) is 2. The molecule has 2 aromatic carbocycles. The number of carbonyl (C=O) groups excluding carboxylic acids is 1. The molecule has 0 heterocycles. The van der Waals surface area contributed by atoms with Crippen molar-refractivity contribution in [3.63, 3.8) is 0 Å². The zero-order valence-electron chi connectivity index (χ0n) is 14.0. The fourth-order valence-corrected chi connectivity index (χ4v) is 2.07. The molecule has 0 aromatic heterocycles. The second-order valence-corrected chi connectivity index (χ2v) is 5.01. The van der Waals surface area contributed by atoms with Gasteiger partial charge in [0.05, 0.1) is 24.9 Å². The van der Waals surface area contributed by atoms with Crippen LogP contribution in [0.3, 0.4) is 0 Å². The Morgan fingerprint density at radius 2 is 1.64 bits per heavy atom. The van der Waals surface area contributed by atoms with E-state index in [1.165, 1.54) is 26.4 Å². The molecule has 0 spiro atoms. The molecule has 8 nitrogen and oxygen atoms in total. The summed E-state index contributed by atoms with van der Waals surface area (Å²) in [5.41, 5.74) is 3.98. The first-order chi connectivity index (χ1) is 12.0. The Balaban J connectivity index is 2.12. The second-order valence-electron chi connectivity index (χ2n) is 5.01. The van der Waals surface area contributed by atoms with Gasteiger partial charge in [0.1, 0.15) is 0 Å². The van der Waals surface area contributed by atoms with Crippen molar-refractivity contribution in [3.8, 4) is 11.5 Å². The highest BCUT2D eigenvalue weighted by Crippen LogP contribution is 2.27. The molecule has 0 aliphatic carbocycles. The lowest BCUT2D eigenvalue weighted by Gasteiger charge is -2.09. The Kier molecular flexibility index (Phi) is 5.67. The van der Waals surface area contributed by atoms with Gasteiger partial charge in [0.2, 0.25) is 0 Å². The summed E-state index contributed by atoms with van der Waals surface area (Å²) in [6, 6.07) is 10.7. The molecule has 0 atom stereocenters. The predicted octanol–water partition coefficient (Wildman–Crippen LogP) is 2.77. The largest absolute Gasteiger partial charge is 0.493 e. The van der Waals surface area contributed by atoms with Crippen LogP contribution in [0.2, 0.25) is 0 Å². The van der Waals surface area contributed by atoms with Gasteiger partial charge in [-0.05, 0) is 42.8 Å². The van der Waals surface area contributed by atoms with Crippen LogP contribution in [-0.2, 0) is 0 Å². The van der Waals surface area contributed by atoms with Gasteiger partial charge < -0.3 is 9.47 Å². The molecule has 0 radical (unpaired) electrons. The van der Waals surface area contributed by atoms with E-state index in [0.29, 0.717) is 28.3 Å². The van der Waals surface area contributed by atoms with Gasteiger partial charge in [-0.3, -0.25) is 14.9 Å². The number of benzene rings is 2. The molecule has 0 fully saturated rings. The normalized spacial score (nSPS) is 10.9. The van der Waals surface area contributed by atoms with Gasteiger partial charge in [-0.15, -0.1) is 0 Å². The van der Waals surface area contributed by atoms with E-state index in [1.807, 2.05) is 0 Å². The molecule has 8 heteroatoms. The van der Waals surface area contributed by atoms with Crippen LogP contribution in [0.25, 0.3) is 0 Å². The smallest absolute Gasteiger partial charge is 0.271 e. The molecule has 0 saturated heterocycles. The first kappa shape index (κ1) is 17.9. The van der Waals surface area contributed by atoms with Crippen LogP contribution in [0.1, 0.15) is 22.8 Å². The van der Waals surface area contributed by atoms with Crippen molar-refractivity contribution in [3.05, 3.63) is 63.7 Å². The molecule has 130 valence electrons. The number of amides is 1. The summed E-state index contributed by atoms with van der Waals surface area (Å²) in [5.74, 6) is 0.540. The minimum atomic E-state index is -0.477. The molecule has 0 aliphatic heterocycles. The Hall–Kier alpha value is -3.42. The molecule has 1 N–H and O–H groups in total. The van der Waals surface area contributed by atoms with Crippen LogP contribution in [0.15, 0.2) is 47.6 Å². The average molecular weight is 343 g/mol. The van der Waals surface area contributed by atoms with Crippen LogP contribution < -0.4 is 14.9 Å². The maximum atomic E-state index is 12.2. The molecule has 0 aliphatic rings. The molecule has 0 saturated carbocycles. The third-order valence-corrected chi connectivity index (χ3v) is 3.47. The van der Waals surface area contributed by atoms with E-state index in [1.54, 1.807) is 37.3 Å². The van der Waals surface area contributed by atoms with Gasteiger partial charge in [-0.25, -0.2) is 5.43 Å². The van der Waals surface area contributed by atoms with Gasteiger partial charge in [-0.1, -0.05) is 0 Å². The number of nitro benzene ring substituents is 1. The van der Waals surface area contributed by atoms with Crippen molar-refractivity contribution in [2.45, 2.75) is 6.92 Å². The maximum Gasteiger partial charge on any atom is 0.271 e. The number of rotatable bonds is 6. The fraction of sp³-hybridized carbons (Fsp3) is 0.176. The Morgan fingerprint density at radius 1 is 1.04 bits per heavy atom. The number of nitro groups is 1. The van der Waals surface area contributed by atoms with Gasteiger partial charge in [0, 0.05) is 17.7 Å². The van der Waals surface area contributed by atoms with Crippen LogP contribution in [0.5, 0.6) is 11.5 Å². The van der Waals surface area contributed by atoms with Gasteiger partial charge in [-0.2, -0.15) is 5.10 Å². The molecule has 0 unspecified atom stereocenters. The second kappa shape index (κ2) is 7.91. The summed E-state index contributed by atoms with van der Waals surface area (Å²) in [7, 11) is 2.99. The summed E-state index contributed by atoms with van der Waals surface area (Å²) < 4.78 is 10.3. The van der Waals surface area contributed by atoms with Crippen LogP contribution in [-0.4, -0.2) is 30.8 Å². The molecule has 25 heavy (non-hydrogen) atoms. The number of hydrogen-bond donors (Lipinski definition) is 1. The number of hydrazone groups is 1. The number of methoxy groups -OCH3 is 2.